The highest BCUT2D eigenvalue weighted by Crippen LogP contribution is 2.50. The van der Waals surface area contributed by atoms with Crippen LogP contribution in [0.2, 0.25) is 0 Å². The number of hydrogen-bond donors (Lipinski definition) is 0. The minimum atomic E-state index is 0.635. The van der Waals surface area contributed by atoms with Crippen LogP contribution < -0.4 is 9.80 Å². The SMILES string of the molecule is CCCCN1CCN(c2ccc(N3CCOCC3)cc2C2=CCC3(CCCC3)CC2)CC1. The fraction of sp³-hybridized carbons (Fsp3) is 0.714. The first-order valence-corrected chi connectivity index (χ1v) is 13.4. The largest absolute Gasteiger partial charge is 0.378 e. The highest BCUT2D eigenvalue weighted by Gasteiger charge is 2.35. The van der Waals surface area contributed by atoms with Crippen molar-refractivity contribution >= 4 is 16.9 Å². The molecule has 0 unspecified atom stereocenters. The number of morpholine rings is 1. The zero-order valence-corrected chi connectivity index (χ0v) is 20.3. The lowest BCUT2D eigenvalue weighted by Crippen LogP contribution is -2.47. The van der Waals surface area contributed by atoms with Crippen LogP contribution in [-0.2, 0) is 4.74 Å². The molecule has 1 saturated carbocycles. The molecule has 0 aromatic heterocycles. The number of rotatable bonds is 6. The Morgan fingerprint density at radius 1 is 0.906 bits per heavy atom. The summed E-state index contributed by atoms with van der Waals surface area (Å²) in [5, 5.41) is 0. The third-order valence-corrected chi connectivity index (χ3v) is 8.61. The molecular formula is C28H43N3O. The molecule has 0 atom stereocenters. The van der Waals surface area contributed by atoms with Crippen LogP contribution in [0.3, 0.4) is 0 Å². The van der Waals surface area contributed by atoms with Gasteiger partial charge in [-0.1, -0.05) is 32.3 Å². The van der Waals surface area contributed by atoms with E-state index in [1.54, 1.807) is 5.57 Å². The van der Waals surface area contributed by atoms with E-state index in [0.29, 0.717) is 5.41 Å². The molecule has 4 heteroatoms. The van der Waals surface area contributed by atoms with Crippen molar-refractivity contribution in [3.63, 3.8) is 0 Å². The molecule has 5 rings (SSSR count). The van der Waals surface area contributed by atoms with Gasteiger partial charge in [-0.3, -0.25) is 4.90 Å². The Morgan fingerprint density at radius 2 is 1.69 bits per heavy atom. The zero-order valence-electron chi connectivity index (χ0n) is 20.3. The molecule has 2 aliphatic carbocycles. The van der Waals surface area contributed by atoms with Gasteiger partial charge in [0.1, 0.15) is 0 Å². The lowest BCUT2D eigenvalue weighted by atomic mass is 9.72. The number of piperazine rings is 1. The molecule has 0 bridgehead atoms. The van der Waals surface area contributed by atoms with Gasteiger partial charge < -0.3 is 14.5 Å². The van der Waals surface area contributed by atoms with E-state index in [2.05, 4.69) is 45.9 Å². The number of hydrogen-bond acceptors (Lipinski definition) is 4. The van der Waals surface area contributed by atoms with E-state index < -0.39 is 0 Å². The van der Waals surface area contributed by atoms with Crippen LogP contribution in [0.4, 0.5) is 11.4 Å². The number of allylic oxidation sites excluding steroid dienone is 2. The van der Waals surface area contributed by atoms with Gasteiger partial charge in [0.05, 0.1) is 13.2 Å². The Hall–Kier alpha value is -1.52. The number of nitrogens with zero attached hydrogens (tertiary/aromatic N) is 3. The maximum absolute atomic E-state index is 5.61. The number of ether oxygens (including phenoxy) is 1. The Kier molecular flexibility index (Phi) is 7.08. The molecule has 2 aliphatic heterocycles. The molecule has 176 valence electrons. The van der Waals surface area contributed by atoms with Crippen molar-refractivity contribution < 1.29 is 4.74 Å². The Balaban J connectivity index is 1.38. The van der Waals surface area contributed by atoms with E-state index in [4.69, 9.17) is 4.74 Å². The second-order valence-corrected chi connectivity index (χ2v) is 10.6. The summed E-state index contributed by atoms with van der Waals surface area (Å²) in [6.45, 7) is 12.0. The molecule has 0 N–H and O–H groups in total. The highest BCUT2D eigenvalue weighted by molar-refractivity contribution is 5.80. The smallest absolute Gasteiger partial charge is 0.0642 e. The van der Waals surface area contributed by atoms with E-state index in [0.717, 1.165) is 39.4 Å². The van der Waals surface area contributed by atoms with Crippen LogP contribution in [0.15, 0.2) is 24.3 Å². The Bertz CT molecular complexity index is 784. The third-order valence-electron chi connectivity index (χ3n) is 8.61. The van der Waals surface area contributed by atoms with Gasteiger partial charge in [0.2, 0.25) is 0 Å². The monoisotopic (exact) mass is 437 g/mol. The van der Waals surface area contributed by atoms with E-state index >= 15 is 0 Å². The van der Waals surface area contributed by atoms with Crippen molar-refractivity contribution in [3.05, 3.63) is 29.8 Å². The fourth-order valence-corrected chi connectivity index (χ4v) is 6.44. The fourth-order valence-electron chi connectivity index (χ4n) is 6.44. The van der Waals surface area contributed by atoms with Crippen LogP contribution in [0, 0.1) is 5.41 Å². The molecule has 0 radical (unpaired) electrons. The average molecular weight is 438 g/mol. The summed E-state index contributed by atoms with van der Waals surface area (Å²) in [6, 6.07) is 7.32. The predicted molar refractivity (Wildman–Crippen MR) is 136 cm³/mol. The summed E-state index contributed by atoms with van der Waals surface area (Å²) in [7, 11) is 0. The van der Waals surface area contributed by atoms with Crippen molar-refractivity contribution in [1.29, 1.82) is 0 Å². The first-order valence-electron chi connectivity index (χ1n) is 13.4. The van der Waals surface area contributed by atoms with Crippen LogP contribution >= 0.6 is 0 Å². The quantitative estimate of drug-likeness (QED) is 0.579. The lowest BCUT2D eigenvalue weighted by molar-refractivity contribution is 0.122. The lowest BCUT2D eigenvalue weighted by Gasteiger charge is -2.39. The average Bonchev–Trinajstić information content (AvgIpc) is 3.31. The molecule has 0 amide bonds. The van der Waals surface area contributed by atoms with Gasteiger partial charge in [-0.05, 0) is 74.3 Å². The van der Waals surface area contributed by atoms with Gasteiger partial charge in [0, 0.05) is 56.2 Å². The first-order chi connectivity index (χ1) is 15.8. The molecule has 4 nitrogen and oxygen atoms in total. The van der Waals surface area contributed by atoms with Crippen molar-refractivity contribution in [2.45, 2.75) is 64.7 Å². The van der Waals surface area contributed by atoms with Gasteiger partial charge in [0.25, 0.3) is 0 Å². The third kappa shape index (κ3) is 4.87. The number of unbranched alkanes of at least 4 members (excludes halogenated alkanes) is 1. The summed E-state index contributed by atoms with van der Waals surface area (Å²) < 4.78 is 5.61. The van der Waals surface area contributed by atoms with Gasteiger partial charge in [-0.15, -0.1) is 0 Å². The second kappa shape index (κ2) is 10.2. The normalized spacial score (nSPS) is 24.2. The molecule has 4 aliphatic rings. The van der Waals surface area contributed by atoms with Crippen LogP contribution in [-0.4, -0.2) is 63.9 Å². The van der Waals surface area contributed by atoms with Crippen LogP contribution in [0.1, 0.15) is 70.3 Å². The number of anilines is 2. The van der Waals surface area contributed by atoms with Crippen LogP contribution in [0.5, 0.6) is 0 Å². The van der Waals surface area contributed by atoms with E-state index in [-0.39, 0.29) is 0 Å². The molecule has 32 heavy (non-hydrogen) atoms. The van der Waals surface area contributed by atoms with E-state index in [1.807, 2.05) is 0 Å². The topological polar surface area (TPSA) is 19.0 Å². The van der Waals surface area contributed by atoms with E-state index in [9.17, 15) is 0 Å². The van der Waals surface area contributed by atoms with Gasteiger partial charge in [-0.2, -0.15) is 0 Å². The minimum absolute atomic E-state index is 0.635. The predicted octanol–water partition coefficient (Wildman–Crippen LogP) is 5.57. The maximum atomic E-state index is 5.61. The van der Waals surface area contributed by atoms with Crippen molar-refractivity contribution in [3.8, 4) is 0 Å². The van der Waals surface area contributed by atoms with Crippen molar-refractivity contribution in [1.82, 2.24) is 4.90 Å². The maximum Gasteiger partial charge on any atom is 0.0642 e. The number of benzene rings is 1. The molecule has 2 heterocycles. The summed E-state index contributed by atoms with van der Waals surface area (Å²) in [5.74, 6) is 0. The van der Waals surface area contributed by atoms with Crippen molar-refractivity contribution in [2.75, 3.05) is 68.8 Å². The Morgan fingerprint density at radius 3 is 2.38 bits per heavy atom. The molecule has 2 saturated heterocycles. The Labute approximate surface area is 195 Å². The van der Waals surface area contributed by atoms with Gasteiger partial charge in [0.15, 0.2) is 0 Å². The highest BCUT2D eigenvalue weighted by atomic mass is 16.5. The molecule has 1 aromatic rings. The molecule has 1 spiro atoms. The first kappa shape index (κ1) is 22.3. The molecule has 1 aromatic carbocycles. The molecule has 3 fully saturated rings. The minimum Gasteiger partial charge on any atom is -0.378 e. The molecular weight excluding hydrogens is 394 g/mol. The van der Waals surface area contributed by atoms with E-state index in [1.165, 1.54) is 94.4 Å². The van der Waals surface area contributed by atoms with Gasteiger partial charge >= 0.3 is 0 Å². The summed E-state index contributed by atoms with van der Waals surface area (Å²) >= 11 is 0. The summed E-state index contributed by atoms with van der Waals surface area (Å²) in [5.41, 5.74) is 6.63. The summed E-state index contributed by atoms with van der Waals surface area (Å²) in [4.78, 5) is 7.84. The zero-order chi connectivity index (χ0) is 21.8. The van der Waals surface area contributed by atoms with Gasteiger partial charge in [-0.25, -0.2) is 0 Å². The van der Waals surface area contributed by atoms with Crippen LogP contribution in [0.25, 0.3) is 5.57 Å². The second-order valence-electron chi connectivity index (χ2n) is 10.6. The van der Waals surface area contributed by atoms with Crippen molar-refractivity contribution in [2.24, 2.45) is 5.41 Å². The summed E-state index contributed by atoms with van der Waals surface area (Å²) in [6.07, 6.45) is 15.0. The standard InChI is InChI=1S/C28H43N3O/c1-2-3-14-29-15-17-31(18-16-29)27-7-6-25(30-19-21-32-22-20-30)23-26(27)24-8-12-28(13-9-24)10-4-5-11-28/h6-8,23H,2-5,9-22H2,1H3.